The molecule has 0 bridgehead atoms. The zero-order chi connectivity index (χ0) is 25.0. The van der Waals surface area contributed by atoms with E-state index in [9.17, 15) is 0 Å². The minimum absolute atomic E-state index is 0.354. The Kier molecular flexibility index (Phi) is 4.14. The van der Waals surface area contributed by atoms with Crippen molar-refractivity contribution in [3.63, 3.8) is 0 Å². The number of nitrogens with zero attached hydrogens (tertiary/aromatic N) is 2. The van der Waals surface area contributed by atoms with Crippen LogP contribution in [0.5, 0.6) is 0 Å². The third kappa shape index (κ3) is 2.65. The Labute approximate surface area is 217 Å². The molecule has 2 aliphatic carbocycles. The van der Waals surface area contributed by atoms with Crippen LogP contribution in [0.25, 0.3) is 44.1 Å². The molecule has 2 heteroatoms. The van der Waals surface area contributed by atoms with Crippen LogP contribution >= 0.6 is 0 Å². The SMILES string of the molecule is Cc1ccc2c(c1)c1c(n2C)C(CC2c3ccccc3-c3c2n(C)c2ccc(C)cc32)c2ccccc2-1. The van der Waals surface area contributed by atoms with Gasteiger partial charge in [-0.3, -0.25) is 0 Å². The number of benzene rings is 4. The van der Waals surface area contributed by atoms with Crippen LogP contribution in [0.4, 0.5) is 0 Å². The molecular weight excluding hydrogens is 448 g/mol. The Bertz CT molecular complexity index is 1770. The Morgan fingerprint density at radius 1 is 0.568 bits per heavy atom. The molecule has 0 spiro atoms. The van der Waals surface area contributed by atoms with Gasteiger partial charge in [0.05, 0.1) is 0 Å². The molecule has 0 N–H and O–H groups in total. The highest BCUT2D eigenvalue weighted by atomic mass is 15.0. The number of aryl methyl sites for hydroxylation is 4. The van der Waals surface area contributed by atoms with E-state index < -0.39 is 0 Å². The predicted molar refractivity (Wildman–Crippen MR) is 154 cm³/mol. The van der Waals surface area contributed by atoms with Gasteiger partial charge in [0.15, 0.2) is 0 Å². The largest absolute Gasteiger partial charge is 0.346 e. The molecule has 2 atom stereocenters. The summed E-state index contributed by atoms with van der Waals surface area (Å²) in [5, 5.41) is 2.78. The Hall–Kier alpha value is -4.04. The van der Waals surface area contributed by atoms with Gasteiger partial charge in [-0.1, -0.05) is 71.8 Å². The quantitative estimate of drug-likeness (QED) is 0.236. The zero-order valence-corrected chi connectivity index (χ0v) is 21.8. The second-order valence-electron chi connectivity index (χ2n) is 11.2. The molecule has 0 radical (unpaired) electrons. The lowest BCUT2D eigenvalue weighted by Gasteiger charge is -2.22. The van der Waals surface area contributed by atoms with E-state index in [0.717, 1.165) is 6.42 Å². The second kappa shape index (κ2) is 7.26. The van der Waals surface area contributed by atoms with Crippen LogP contribution < -0.4 is 0 Å². The molecule has 2 nitrogen and oxygen atoms in total. The number of hydrogen-bond donors (Lipinski definition) is 0. The summed E-state index contributed by atoms with van der Waals surface area (Å²) < 4.78 is 4.95. The van der Waals surface area contributed by atoms with Crippen LogP contribution in [0, 0.1) is 13.8 Å². The van der Waals surface area contributed by atoms with Crippen molar-refractivity contribution in [3.05, 3.63) is 119 Å². The van der Waals surface area contributed by atoms with E-state index in [1.54, 1.807) is 0 Å². The first-order valence-corrected chi connectivity index (χ1v) is 13.4. The van der Waals surface area contributed by atoms with Crippen LogP contribution in [-0.4, -0.2) is 9.13 Å². The van der Waals surface area contributed by atoms with Crippen molar-refractivity contribution in [1.82, 2.24) is 9.13 Å². The maximum Gasteiger partial charge on any atom is 0.0486 e. The molecule has 0 amide bonds. The Balaban J connectivity index is 1.38. The fourth-order valence-corrected chi connectivity index (χ4v) is 7.60. The van der Waals surface area contributed by atoms with Gasteiger partial charge >= 0.3 is 0 Å². The molecule has 0 saturated carbocycles. The van der Waals surface area contributed by atoms with Crippen LogP contribution in [-0.2, 0) is 14.1 Å². The van der Waals surface area contributed by atoms with Crippen molar-refractivity contribution >= 4 is 21.8 Å². The summed E-state index contributed by atoms with van der Waals surface area (Å²) in [5.41, 5.74) is 16.9. The lowest BCUT2D eigenvalue weighted by Crippen LogP contribution is -2.11. The van der Waals surface area contributed by atoms with Gasteiger partial charge in [-0.2, -0.15) is 0 Å². The molecule has 8 rings (SSSR count). The van der Waals surface area contributed by atoms with Crippen molar-refractivity contribution in [2.75, 3.05) is 0 Å². The Morgan fingerprint density at radius 3 is 1.46 bits per heavy atom. The number of fused-ring (bicyclic) bond motifs is 10. The van der Waals surface area contributed by atoms with E-state index in [4.69, 9.17) is 0 Å². The van der Waals surface area contributed by atoms with E-state index in [-0.39, 0.29) is 0 Å². The molecular formula is C35H30N2. The molecule has 6 aromatic rings. The summed E-state index contributed by atoms with van der Waals surface area (Å²) >= 11 is 0. The van der Waals surface area contributed by atoms with E-state index in [2.05, 4.69) is 122 Å². The molecule has 0 aliphatic heterocycles. The van der Waals surface area contributed by atoms with Gasteiger partial charge in [0.1, 0.15) is 0 Å². The second-order valence-corrected chi connectivity index (χ2v) is 11.2. The minimum atomic E-state index is 0.354. The Morgan fingerprint density at radius 2 is 1.00 bits per heavy atom. The summed E-state index contributed by atoms with van der Waals surface area (Å²) in [6.07, 6.45) is 1.07. The molecule has 2 unspecified atom stereocenters. The minimum Gasteiger partial charge on any atom is -0.346 e. The van der Waals surface area contributed by atoms with Gasteiger partial charge in [0.2, 0.25) is 0 Å². The van der Waals surface area contributed by atoms with Crippen LogP contribution in [0.2, 0.25) is 0 Å². The van der Waals surface area contributed by atoms with Crippen molar-refractivity contribution in [3.8, 4) is 22.3 Å². The fraction of sp³-hybridized carbons (Fsp3) is 0.200. The van der Waals surface area contributed by atoms with Crippen LogP contribution in [0.15, 0.2) is 84.9 Å². The average Bonchev–Trinajstić information content (AvgIpc) is 3.58. The first-order chi connectivity index (χ1) is 18.0. The molecule has 2 aliphatic rings. The maximum atomic E-state index is 2.47. The number of aromatic nitrogens is 2. The summed E-state index contributed by atoms with van der Waals surface area (Å²) in [6, 6.07) is 32.1. The van der Waals surface area contributed by atoms with Gasteiger partial charge in [-0.05, 0) is 66.8 Å². The van der Waals surface area contributed by atoms with Gasteiger partial charge in [-0.15, -0.1) is 0 Å². The van der Waals surface area contributed by atoms with Gasteiger partial charge in [0, 0.05) is 70.3 Å². The zero-order valence-electron chi connectivity index (χ0n) is 21.8. The first kappa shape index (κ1) is 21.1. The molecule has 4 aromatic carbocycles. The summed E-state index contributed by atoms with van der Waals surface area (Å²) in [4.78, 5) is 0. The van der Waals surface area contributed by atoms with E-state index in [1.165, 1.54) is 77.7 Å². The summed E-state index contributed by atoms with van der Waals surface area (Å²) in [6.45, 7) is 4.41. The third-order valence-electron chi connectivity index (χ3n) is 9.14. The fourth-order valence-electron chi connectivity index (χ4n) is 7.60. The number of rotatable bonds is 2. The molecule has 2 aromatic heterocycles. The average molecular weight is 479 g/mol. The normalized spacial score (nSPS) is 17.3. The highest BCUT2D eigenvalue weighted by Gasteiger charge is 2.40. The first-order valence-electron chi connectivity index (χ1n) is 13.4. The summed E-state index contributed by atoms with van der Waals surface area (Å²) in [5.74, 6) is 0.709. The van der Waals surface area contributed by atoms with Gasteiger partial charge in [0.25, 0.3) is 0 Å². The number of hydrogen-bond acceptors (Lipinski definition) is 0. The van der Waals surface area contributed by atoms with E-state index >= 15 is 0 Å². The molecule has 180 valence electrons. The van der Waals surface area contributed by atoms with Crippen LogP contribution in [0.1, 0.15) is 51.9 Å². The van der Waals surface area contributed by atoms with Crippen molar-refractivity contribution in [2.24, 2.45) is 14.1 Å². The van der Waals surface area contributed by atoms with Crippen molar-refractivity contribution in [1.29, 1.82) is 0 Å². The lowest BCUT2D eigenvalue weighted by atomic mass is 9.85. The highest BCUT2D eigenvalue weighted by molar-refractivity contribution is 6.03. The van der Waals surface area contributed by atoms with Crippen molar-refractivity contribution < 1.29 is 0 Å². The molecule has 37 heavy (non-hydrogen) atoms. The van der Waals surface area contributed by atoms with Gasteiger partial charge < -0.3 is 9.13 Å². The molecule has 2 heterocycles. The predicted octanol–water partition coefficient (Wildman–Crippen LogP) is 8.60. The van der Waals surface area contributed by atoms with E-state index in [1.807, 2.05) is 0 Å². The maximum absolute atomic E-state index is 2.47. The molecule has 0 fully saturated rings. The van der Waals surface area contributed by atoms with Crippen LogP contribution in [0.3, 0.4) is 0 Å². The molecule has 0 saturated heterocycles. The van der Waals surface area contributed by atoms with Crippen molar-refractivity contribution in [2.45, 2.75) is 32.1 Å². The summed E-state index contributed by atoms with van der Waals surface area (Å²) in [7, 11) is 4.53. The topological polar surface area (TPSA) is 9.86 Å². The third-order valence-corrected chi connectivity index (χ3v) is 9.14. The smallest absolute Gasteiger partial charge is 0.0486 e. The van der Waals surface area contributed by atoms with Gasteiger partial charge in [-0.25, -0.2) is 0 Å². The standard InChI is InChI=1S/C35H30N2/c1-20-13-15-30-28(17-20)32-24-11-7-5-9-22(24)26(34(32)36(30)3)19-27-23-10-6-8-12-25(23)33-29-18-21(2)14-16-31(29)37(4)35(27)33/h5-18,26-27H,19H2,1-4H3. The lowest BCUT2D eigenvalue weighted by molar-refractivity contribution is 0.610. The monoisotopic (exact) mass is 478 g/mol. The highest BCUT2D eigenvalue weighted by Crippen LogP contribution is 2.57. The van der Waals surface area contributed by atoms with E-state index in [0.29, 0.717) is 11.8 Å².